The molecule has 2 bridgehead atoms. The van der Waals surface area contributed by atoms with Gasteiger partial charge in [-0.2, -0.15) is 0 Å². The fraction of sp³-hybridized carbons (Fsp3) is 0.471. The molecule has 0 unspecified atom stereocenters. The number of carbonyl (C=O) groups is 1. The van der Waals surface area contributed by atoms with Crippen molar-refractivity contribution in [1.29, 1.82) is 0 Å². The number of amides is 1. The van der Waals surface area contributed by atoms with Crippen LogP contribution in [0.5, 0.6) is 0 Å². The van der Waals surface area contributed by atoms with Crippen LogP contribution in [0.3, 0.4) is 0 Å². The molecule has 4 heteroatoms. The van der Waals surface area contributed by atoms with Crippen molar-refractivity contribution in [2.24, 2.45) is 16.7 Å². The first kappa shape index (κ1) is 14.9. The van der Waals surface area contributed by atoms with Gasteiger partial charge in [-0.25, -0.2) is 0 Å². The number of rotatable bonds is 2. The highest BCUT2D eigenvalue weighted by Gasteiger charge is 2.60. The highest BCUT2D eigenvalue weighted by atomic mass is 35.5. The van der Waals surface area contributed by atoms with Gasteiger partial charge in [0, 0.05) is 5.02 Å². The SMILES string of the molecule is C=C1C(C)(C)[C@@H]2CC[C@@]1(C(=O)Nc1ccc(Cl)cc1Cl)C2. The summed E-state index contributed by atoms with van der Waals surface area (Å²) in [5, 5.41) is 4.00. The Morgan fingerprint density at radius 3 is 2.67 bits per heavy atom. The molecule has 1 aromatic rings. The zero-order chi connectivity index (χ0) is 15.4. The van der Waals surface area contributed by atoms with Crippen LogP contribution in [0.25, 0.3) is 0 Å². The summed E-state index contributed by atoms with van der Waals surface area (Å²) in [5.41, 5.74) is 1.28. The number of anilines is 1. The van der Waals surface area contributed by atoms with Gasteiger partial charge >= 0.3 is 0 Å². The Morgan fingerprint density at radius 1 is 1.38 bits per heavy atom. The fourth-order valence-corrected chi connectivity index (χ4v) is 4.43. The van der Waals surface area contributed by atoms with Gasteiger partial charge in [0.15, 0.2) is 0 Å². The van der Waals surface area contributed by atoms with E-state index in [2.05, 4.69) is 25.7 Å². The average Bonchev–Trinajstić information content (AvgIpc) is 2.93. The first-order chi connectivity index (χ1) is 9.77. The summed E-state index contributed by atoms with van der Waals surface area (Å²) in [6.07, 6.45) is 2.88. The maximum Gasteiger partial charge on any atom is 0.234 e. The van der Waals surface area contributed by atoms with E-state index in [-0.39, 0.29) is 11.3 Å². The van der Waals surface area contributed by atoms with Crippen molar-refractivity contribution in [2.45, 2.75) is 33.1 Å². The Balaban J connectivity index is 1.88. The molecule has 2 atom stereocenters. The second-order valence-corrected chi connectivity index (χ2v) is 7.64. The molecule has 2 nitrogen and oxygen atoms in total. The second-order valence-electron chi connectivity index (χ2n) is 6.80. The third-order valence-electron chi connectivity index (χ3n) is 5.50. The summed E-state index contributed by atoms with van der Waals surface area (Å²) < 4.78 is 0. The minimum Gasteiger partial charge on any atom is -0.324 e. The Hall–Kier alpha value is -0.990. The second kappa shape index (κ2) is 4.76. The van der Waals surface area contributed by atoms with Crippen LogP contribution in [0.1, 0.15) is 33.1 Å². The summed E-state index contributed by atoms with van der Waals surface area (Å²) >= 11 is 12.0. The van der Waals surface area contributed by atoms with Gasteiger partial charge < -0.3 is 5.32 Å². The molecule has 0 spiro atoms. The van der Waals surface area contributed by atoms with E-state index in [0.717, 1.165) is 24.8 Å². The van der Waals surface area contributed by atoms with E-state index < -0.39 is 5.41 Å². The molecule has 21 heavy (non-hydrogen) atoms. The average molecular weight is 324 g/mol. The van der Waals surface area contributed by atoms with Crippen molar-refractivity contribution >= 4 is 34.8 Å². The van der Waals surface area contributed by atoms with Crippen molar-refractivity contribution in [3.63, 3.8) is 0 Å². The summed E-state index contributed by atoms with van der Waals surface area (Å²) in [5.74, 6) is 0.571. The maximum atomic E-state index is 12.9. The van der Waals surface area contributed by atoms with E-state index in [1.807, 2.05) is 0 Å². The number of halogens is 2. The summed E-state index contributed by atoms with van der Waals surface area (Å²) in [6.45, 7) is 8.64. The highest BCUT2D eigenvalue weighted by Crippen LogP contribution is 2.65. The molecule has 0 aromatic heterocycles. The molecule has 2 fully saturated rings. The smallest absolute Gasteiger partial charge is 0.234 e. The lowest BCUT2D eigenvalue weighted by Gasteiger charge is -2.37. The third kappa shape index (κ3) is 2.11. The molecule has 0 saturated heterocycles. The first-order valence-electron chi connectivity index (χ1n) is 7.24. The van der Waals surface area contributed by atoms with Crippen LogP contribution in [-0.4, -0.2) is 5.91 Å². The summed E-state index contributed by atoms with van der Waals surface area (Å²) in [4.78, 5) is 12.9. The molecule has 1 aromatic carbocycles. The zero-order valence-electron chi connectivity index (χ0n) is 12.3. The zero-order valence-corrected chi connectivity index (χ0v) is 13.8. The van der Waals surface area contributed by atoms with E-state index in [4.69, 9.17) is 23.2 Å². The first-order valence-corrected chi connectivity index (χ1v) is 7.99. The van der Waals surface area contributed by atoms with Crippen molar-refractivity contribution in [2.75, 3.05) is 5.32 Å². The molecule has 3 rings (SSSR count). The Kier molecular flexibility index (Phi) is 3.38. The van der Waals surface area contributed by atoms with E-state index in [1.165, 1.54) is 0 Å². The van der Waals surface area contributed by atoms with Gasteiger partial charge in [0.2, 0.25) is 5.91 Å². The molecule has 0 aliphatic heterocycles. The predicted molar refractivity (Wildman–Crippen MR) is 87.8 cm³/mol. The lowest BCUT2D eigenvalue weighted by molar-refractivity contribution is -0.123. The van der Waals surface area contributed by atoms with Gasteiger partial charge in [-0.3, -0.25) is 4.79 Å². The molecular formula is C17H19Cl2NO. The molecule has 112 valence electrons. The van der Waals surface area contributed by atoms with Crippen molar-refractivity contribution in [3.05, 3.63) is 40.4 Å². The van der Waals surface area contributed by atoms with Crippen LogP contribution >= 0.6 is 23.2 Å². The number of carbonyl (C=O) groups excluding carboxylic acids is 1. The topological polar surface area (TPSA) is 29.1 Å². The van der Waals surface area contributed by atoms with Crippen molar-refractivity contribution < 1.29 is 4.79 Å². The number of nitrogens with one attached hydrogen (secondary N) is 1. The summed E-state index contributed by atoms with van der Waals surface area (Å²) in [7, 11) is 0. The standard InChI is InChI=1S/C17H19Cl2NO/c1-10-16(2,3)11-6-7-17(10,9-11)15(21)20-14-5-4-12(18)8-13(14)19/h4-5,8,11H,1,6-7,9H2,2-3H3,(H,20,21)/t11-,17-/m1/s1. The molecule has 0 heterocycles. The number of hydrogen-bond acceptors (Lipinski definition) is 1. The van der Waals surface area contributed by atoms with E-state index in [1.54, 1.807) is 18.2 Å². The molecule has 1 N–H and O–H groups in total. The lowest BCUT2D eigenvalue weighted by atomic mass is 9.68. The minimum absolute atomic E-state index is 0.0183. The minimum atomic E-state index is -0.433. The van der Waals surface area contributed by atoms with Gasteiger partial charge in [-0.15, -0.1) is 0 Å². The van der Waals surface area contributed by atoms with Gasteiger partial charge in [0.25, 0.3) is 0 Å². The number of hydrogen-bond donors (Lipinski definition) is 1. The largest absolute Gasteiger partial charge is 0.324 e. The van der Waals surface area contributed by atoms with Crippen LogP contribution in [0.2, 0.25) is 10.0 Å². The monoisotopic (exact) mass is 323 g/mol. The Labute approximate surface area is 135 Å². The van der Waals surface area contributed by atoms with E-state index in [9.17, 15) is 4.79 Å². The molecule has 2 aliphatic rings. The van der Waals surface area contributed by atoms with Gasteiger partial charge in [0.05, 0.1) is 16.1 Å². The van der Waals surface area contributed by atoms with Crippen molar-refractivity contribution in [3.8, 4) is 0 Å². The Morgan fingerprint density at radius 2 is 2.10 bits per heavy atom. The van der Waals surface area contributed by atoms with Gasteiger partial charge in [-0.1, -0.05) is 49.2 Å². The van der Waals surface area contributed by atoms with Crippen LogP contribution in [0, 0.1) is 16.7 Å². The number of benzene rings is 1. The normalized spacial score (nSPS) is 29.7. The van der Waals surface area contributed by atoms with Crippen molar-refractivity contribution in [1.82, 2.24) is 0 Å². The molecule has 2 saturated carbocycles. The lowest BCUT2D eigenvalue weighted by Crippen LogP contribution is -2.37. The van der Waals surface area contributed by atoms with Crippen LogP contribution in [0.15, 0.2) is 30.4 Å². The van der Waals surface area contributed by atoms with Crippen LogP contribution in [-0.2, 0) is 4.79 Å². The third-order valence-corrected chi connectivity index (χ3v) is 6.05. The molecule has 0 radical (unpaired) electrons. The van der Waals surface area contributed by atoms with Crippen LogP contribution < -0.4 is 5.32 Å². The van der Waals surface area contributed by atoms with E-state index >= 15 is 0 Å². The fourth-order valence-electron chi connectivity index (χ4n) is 3.97. The molecule has 1 amide bonds. The van der Waals surface area contributed by atoms with E-state index in [0.29, 0.717) is 21.7 Å². The van der Waals surface area contributed by atoms with Gasteiger partial charge in [0.1, 0.15) is 0 Å². The summed E-state index contributed by atoms with van der Waals surface area (Å²) in [6, 6.07) is 5.11. The Bertz CT molecular complexity index is 638. The predicted octanol–water partition coefficient (Wildman–Crippen LogP) is 5.31. The molecule has 2 aliphatic carbocycles. The maximum absolute atomic E-state index is 12.9. The molecular weight excluding hydrogens is 305 g/mol. The number of fused-ring (bicyclic) bond motifs is 2. The van der Waals surface area contributed by atoms with Crippen LogP contribution in [0.4, 0.5) is 5.69 Å². The highest BCUT2D eigenvalue weighted by molar-refractivity contribution is 6.36. The quantitative estimate of drug-likeness (QED) is 0.734. The van der Waals surface area contributed by atoms with Gasteiger partial charge in [-0.05, 0) is 48.8 Å².